The van der Waals surface area contributed by atoms with Gasteiger partial charge < -0.3 is 18.9 Å². The molecule has 2 saturated heterocycles. The number of anilines is 2. The van der Waals surface area contributed by atoms with Gasteiger partial charge in [0.1, 0.15) is 30.8 Å². The van der Waals surface area contributed by atoms with E-state index in [1.165, 1.54) is 6.42 Å². The number of cyclic esters (lactones) is 1. The lowest BCUT2D eigenvalue weighted by molar-refractivity contribution is 0.104. The average molecular weight is 404 g/mol. The van der Waals surface area contributed by atoms with Crippen molar-refractivity contribution in [2.75, 3.05) is 36.1 Å². The number of rotatable bonds is 3. The molecule has 1 aromatic carbocycles. The van der Waals surface area contributed by atoms with Gasteiger partial charge in [-0.05, 0) is 24.5 Å². The number of halogens is 2. The molecule has 7 nitrogen and oxygen atoms in total. The molecule has 2 atom stereocenters. The van der Waals surface area contributed by atoms with Gasteiger partial charge in [-0.1, -0.05) is 6.92 Å². The van der Waals surface area contributed by atoms with Gasteiger partial charge in [-0.2, -0.15) is 0 Å². The maximum absolute atomic E-state index is 13.3. The summed E-state index contributed by atoms with van der Waals surface area (Å²) in [6.07, 6.45) is -0.711. The van der Waals surface area contributed by atoms with Crippen LogP contribution in [-0.2, 0) is 11.3 Å². The van der Waals surface area contributed by atoms with Crippen molar-refractivity contribution in [1.29, 1.82) is 0 Å². The van der Waals surface area contributed by atoms with E-state index in [4.69, 9.17) is 9.47 Å². The highest BCUT2D eigenvalue weighted by atomic mass is 19.3. The van der Waals surface area contributed by atoms with Crippen molar-refractivity contribution < 1.29 is 23.0 Å². The first kappa shape index (κ1) is 18.2. The molecule has 3 aliphatic heterocycles. The fraction of sp³-hybridized carbons (Fsp3) is 0.500. The summed E-state index contributed by atoms with van der Waals surface area (Å²) in [5.41, 5.74) is 1.89. The highest BCUT2D eigenvalue weighted by molar-refractivity contribution is 5.89. The smallest absolute Gasteiger partial charge is 0.416 e. The molecule has 0 N–H and O–H groups in total. The summed E-state index contributed by atoms with van der Waals surface area (Å²) < 4.78 is 39.3. The van der Waals surface area contributed by atoms with Crippen LogP contribution in [0.3, 0.4) is 0 Å². The SMILES string of the molecule is CC1CCN(c2ccc3c(c2)OCCn2cc(N4C(=O)OCC4C(F)F)nc2-3)C1. The summed E-state index contributed by atoms with van der Waals surface area (Å²) in [5.74, 6) is 2.16. The molecule has 0 bridgehead atoms. The first-order valence-corrected chi connectivity index (χ1v) is 9.85. The lowest BCUT2D eigenvalue weighted by atomic mass is 10.1. The Hall–Kier alpha value is -2.84. The van der Waals surface area contributed by atoms with Crippen molar-refractivity contribution >= 4 is 17.6 Å². The Labute approximate surface area is 166 Å². The van der Waals surface area contributed by atoms with Gasteiger partial charge in [0.2, 0.25) is 0 Å². The van der Waals surface area contributed by atoms with Crippen LogP contribution in [0, 0.1) is 5.92 Å². The molecule has 2 unspecified atom stereocenters. The number of fused-ring (bicyclic) bond motifs is 3. The third-order valence-corrected chi connectivity index (χ3v) is 5.79. The van der Waals surface area contributed by atoms with Crippen LogP contribution in [0.2, 0.25) is 0 Å². The second kappa shape index (κ2) is 6.89. The van der Waals surface area contributed by atoms with Gasteiger partial charge in [0.25, 0.3) is 6.43 Å². The predicted molar refractivity (Wildman–Crippen MR) is 103 cm³/mol. The van der Waals surface area contributed by atoms with Gasteiger partial charge in [0.15, 0.2) is 5.82 Å². The Morgan fingerprint density at radius 1 is 1.24 bits per heavy atom. The summed E-state index contributed by atoms with van der Waals surface area (Å²) in [6.45, 7) is 4.88. The van der Waals surface area contributed by atoms with E-state index < -0.39 is 18.6 Å². The molecular formula is C20H22F2N4O3. The largest absolute Gasteiger partial charge is 0.491 e. The molecule has 3 aliphatic rings. The normalized spacial score (nSPS) is 23.7. The van der Waals surface area contributed by atoms with Crippen molar-refractivity contribution in [3.63, 3.8) is 0 Å². The molecule has 4 heterocycles. The quantitative estimate of drug-likeness (QED) is 0.785. The number of benzene rings is 1. The number of amides is 1. The Morgan fingerprint density at radius 3 is 2.86 bits per heavy atom. The number of imidazole rings is 1. The van der Waals surface area contributed by atoms with Crippen molar-refractivity contribution in [2.45, 2.75) is 32.4 Å². The Balaban J connectivity index is 1.50. The zero-order chi connectivity index (χ0) is 20.1. The molecule has 29 heavy (non-hydrogen) atoms. The lowest BCUT2D eigenvalue weighted by Gasteiger charge is -2.20. The number of nitrogens with zero attached hydrogens (tertiary/aromatic N) is 4. The highest BCUT2D eigenvalue weighted by Gasteiger charge is 2.42. The van der Waals surface area contributed by atoms with Gasteiger partial charge in [0, 0.05) is 31.0 Å². The van der Waals surface area contributed by atoms with Gasteiger partial charge >= 0.3 is 6.09 Å². The van der Waals surface area contributed by atoms with Crippen molar-refractivity contribution in [3.05, 3.63) is 24.4 Å². The van der Waals surface area contributed by atoms with E-state index in [1.807, 2.05) is 22.8 Å². The molecule has 1 aromatic heterocycles. The van der Waals surface area contributed by atoms with Crippen LogP contribution in [0.5, 0.6) is 5.75 Å². The van der Waals surface area contributed by atoms with Crippen LogP contribution >= 0.6 is 0 Å². The van der Waals surface area contributed by atoms with Crippen molar-refractivity contribution in [2.24, 2.45) is 5.92 Å². The number of carbonyl (C=O) groups is 1. The second-order valence-electron chi connectivity index (χ2n) is 7.83. The number of alkyl halides is 2. The van der Waals surface area contributed by atoms with Crippen LogP contribution in [0.4, 0.5) is 25.1 Å². The summed E-state index contributed by atoms with van der Waals surface area (Å²) in [6, 6.07) is 4.69. The summed E-state index contributed by atoms with van der Waals surface area (Å²) in [5, 5.41) is 0. The summed E-state index contributed by atoms with van der Waals surface area (Å²) in [7, 11) is 0. The van der Waals surface area contributed by atoms with Gasteiger partial charge in [-0.15, -0.1) is 0 Å². The first-order chi connectivity index (χ1) is 14.0. The molecule has 0 radical (unpaired) electrons. The van der Waals surface area contributed by atoms with E-state index in [-0.39, 0.29) is 12.4 Å². The minimum Gasteiger partial charge on any atom is -0.491 e. The summed E-state index contributed by atoms with van der Waals surface area (Å²) in [4.78, 5) is 19.8. The van der Waals surface area contributed by atoms with E-state index in [0.29, 0.717) is 30.6 Å². The predicted octanol–water partition coefficient (Wildman–Crippen LogP) is 3.38. The molecule has 2 aromatic rings. The maximum atomic E-state index is 13.3. The van der Waals surface area contributed by atoms with Crippen LogP contribution in [-0.4, -0.2) is 54.4 Å². The van der Waals surface area contributed by atoms with Gasteiger partial charge in [0.05, 0.1) is 12.1 Å². The average Bonchev–Trinajstić information content (AvgIpc) is 3.38. The van der Waals surface area contributed by atoms with Gasteiger partial charge in [-0.3, -0.25) is 0 Å². The van der Waals surface area contributed by atoms with Crippen LogP contribution < -0.4 is 14.5 Å². The highest BCUT2D eigenvalue weighted by Crippen LogP contribution is 2.38. The molecule has 154 valence electrons. The minimum atomic E-state index is -2.70. The molecule has 2 fully saturated rings. The van der Waals surface area contributed by atoms with Crippen LogP contribution in [0.1, 0.15) is 13.3 Å². The lowest BCUT2D eigenvalue weighted by Crippen LogP contribution is -2.38. The molecule has 0 spiro atoms. The van der Waals surface area contributed by atoms with Crippen molar-refractivity contribution in [1.82, 2.24) is 9.55 Å². The standard InChI is InChI=1S/C20H22F2N4O3/c1-12-4-5-24(9-12)13-2-3-14-16(8-13)28-7-6-25-10-17(23-19(14)25)26-15(18(21)22)11-29-20(26)27/h2-3,8,10,12,15,18H,4-7,9,11H2,1H3. The first-order valence-electron chi connectivity index (χ1n) is 9.85. The molecule has 9 heteroatoms. The number of hydrogen-bond acceptors (Lipinski definition) is 5. The number of aromatic nitrogens is 2. The summed E-state index contributed by atoms with van der Waals surface area (Å²) >= 11 is 0. The van der Waals surface area contributed by atoms with E-state index in [1.54, 1.807) is 6.20 Å². The molecule has 1 amide bonds. The van der Waals surface area contributed by atoms with Crippen LogP contribution in [0.25, 0.3) is 11.4 Å². The molecule has 5 rings (SSSR count). The van der Waals surface area contributed by atoms with Crippen LogP contribution in [0.15, 0.2) is 24.4 Å². The fourth-order valence-corrected chi connectivity index (χ4v) is 4.22. The number of ether oxygens (including phenoxy) is 2. The zero-order valence-corrected chi connectivity index (χ0v) is 16.1. The van der Waals surface area contributed by atoms with Crippen molar-refractivity contribution in [3.8, 4) is 17.1 Å². The fourth-order valence-electron chi connectivity index (χ4n) is 4.22. The Bertz CT molecular complexity index is 948. The third-order valence-electron chi connectivity index (χ3n) is 5.79. The maximum Gasteiger partial charge on any atom is 0.416 e. The zero-order valence-electron chi connectivity index (χ0n) is 16.1. The molecule has 0 saturated carbocycles. The van der Waals surface area contributed by atoms with E-state index in [9.17, 15) is 13.6 Å². The Kier molecular flexibility index (Phi) is 4.33. The van der Waals surface area contributed by atoms with E-state index in [0.717, 1.165) is 29.2 Å². The number of hydrogen-bond donors (Lipinski definition) is 0. The monoisotopic (exact) mass is 404 g/mol. The van der Waals surface area contributed by atoms with E-state index >= 15 is 0 Å². The molecular weight excluding hydrogens is 382 g/mol. The van der Waals surface area contributed by atoms with E-state index in [2.05, 4.69) is 16.8 Å². The topological polar surface area (TPSA) is 59.8 Å². The second-order valence-corrected chi connectivity index (χ2v) is 7.83. The Morgan fingerprint density at radius 2 is 2.10 bits per heavy atom. The minimum absolute atomic E-state index is 0.179. The third kappa shape index (κ3) is 3.08. The van der Waals surface area contributed by atoms with Gasteiger partial charge in [-0.25, -0.2) is 23.5 Å². The molecule has 0 aliphatic carbocycles. The number of carbonyl (C=O) groups excluding carboxylic acids is 1.